The smallest absolute Gasteiger partial charge is 0.394 e. The Morgan fingerprint density at radius 2 is 1.86 bits per heavy atom. The van der Waals surface area contributed by atoms with E-state index in [-0.39, 0.29) is 0 Å². The molecule has 14 heavy (non-hydrogen) atoms. The van der Waals surface area contributed by atoms with Gasteiger partial charge in [-0.25, -0.2) is 4.57 Å². The van der Waals surface area contributed by atoms with Crippen LogP contribution in [0.15, 0.2) is 0 Å². The summed E-state index contributed by atoms with van der Waals surface area (Å²) in [4.78, 5) is 27.5. The van der Waals surface area contributed by atoms with Gasteiger partial charge in [-0.3, -0.25) is 9.32 Å². The Balaban J connectivity index is 4.57. The van der Waals surface area contributed by atoms with Gasteiger partial charge in [0.05, 0.1) is 6.61 Å². The van der Waals surface area contributed by atoms with Crippen molar-refractivity contribution in [1.29, 1.82) is 0 Å². The highest BCUT2D eigenvalue weighted by molar-refractivity contribution is 7.46. The van der Waals surface area contributed by atoms with E-state index in [1.165, 1.54) is 0 Å². The molecule has 0 aromatic carbocycles. The van der Waals surface area contributed by atoms with Gasteiger partial charge in [0.1, 0.15) is 12.7 Å². The molecule has 2 atom stereocenters. The van der Waals surface area contributed by atoms with E-state index < -0.39 is 39.0 Å². The zero-order chi connectivity index (χ0) is 11.4. The number of aliphatic hydroxyl groups is 3. The Labute approximate surface area is 79.0 Å². The van der Waals surface area contributed by atoms with Crippen molar-refractivity contribution in [3.63, 3.8) is 0 Å². The van der Waals surface area contributed by atoms with Crippen molar-refractivity contribution in [1.82, 2.24) is 0 Å². The van der Waals surface area contributed by atoms with Crippen LogP contribution >= 0.6 is 7.82 Å². The van der Waals surface area contributed by atoms with Gasteiger partial charge < -0.3 is 25.1 Å². The molecule has 0 amide bonds. The third kappa shape index (κ3) is 4.77. The first-order chi connectivity index (χ1) is 6.31. The van der Waals surface area contributed by atoms with E-state index in [1.54, 1.807) is 0 Å². The summed E-state index contributed by atoms with van der Waals surface area (Å²) in [5.41, 5.74) is 0. The topological polar surface area (TPSA) is 145 Å². The lowest BCUT2D eigenvalue weighted by Crippen LogP contribution is -2.39. The Kier molecular flexibility index (Phi) is 5.38. The molecule has 0 heterocycles. The van der Waals surface area contributed by atoms with Crippen molar-refractivity contribution < 1.29 is 39.0 Å². The van der Waals surface area contributed by atoms with Crippen molar-refractivity contribution in [3.8, 4) is 0 Å². The normalized spacial score (nSPS) is 16.4. The number of Topliss-reactive ketones (excluding diaryl/α,β-unsaturated/α-hetero) is 1. The highest BCUT2D eigenvalue weighted by Crippen LogP contribution is 2.38. The minimum absolute atomic E-state index is 0.920. The van der Waals surface area contributed by atoms with Gasteiger partial charge in [-0.1, -0.05) is 0 Å². The van der Waals surface area contributed by atoms with Gasteiger partial charge in [-0.2, -0.15) is 0 Å². The number of carbonyl (C=O) groups excluding carboxylic acids is 1. The van der Waals surface area contributed by atoms with Crippen LogP contribution in [0, 0.1) is 0 Å². The second-order valence-corrected chi connectivity index (χ2v) is 3.58. The average Bonchev–Trinajstić information content (AvgIpc) is 2.10. The van der Waals surface area contributed by atoms with Gasteiger partial charge in [-0.15, -0.1) is 0 Å². The van der Waals surface area contributed by atoms with E-state index >= 15 is 0 Å². The average molecular weight is 230 g/mol. The van der Waals surface area contributed by atoms with Crippen LogP contribution in [0.2, 0.25) is 0 Å². The fraction of sp³-hybridized carbons (Fsp3) is 0.800. The van der Waals surface area contributed by atoms with Gasteiger partial charge in [0.25, 0.3) is 0 Å². The lowest BCUT2D eigenvalue weighted by molar-refractivity contribution is -0.136. The lowest BCUT2D eigenvalue weighted by atomic mass is 10.1. The Morgan fingerprint density at radius 1 is 1.36 bits per heavy atom. The number of hydrogen-bond acceptors (Lipinski definition) is 6. The molecule has 0 rings (SSSR count). The molecular formula is C5H11O8P. The summed E-state index contributed by atoms with van der Waals surface area (Å²) in [7, 11) is -4.96. The summed E-state index contributed by atoms with van der Waals surface area (Å²) in [6.07, 6.45) is -3.73. The van der Waals surface area contributed by atoms with E-state index in [9.17, 15) is 9.36 Å². The van der Waals surface area contributed by atoms with E-state index in [2.05, 4.69) is 4.52 Å². The molecule has 0 saturated carbocycles. The molecule has 0 aliphatic rings. The first kappa shape index (κ1) is 13.7. The summed E-state index contributed by atoms with van der Waals surface area (Å²) < 4.78 is 14.2. The van der Waals surface area contributed by atoms with Crippen LogP contribution in [0.3, 0.4) is 0 Å². The number of aliphatic hydroxyl groups excluding tert-OH is 3. The summed E-state index contributed by atoms with van der Waals surface area (Å²) in [6.45, 7) is -1.97. The standard InChI is InChI=1S/C5H11O8P/c6-1-3(8)5(4(9)2-7)13-14(10,11)12/h3,5-8H,1-2H2,(H2,10,11,12). The largest absolute Gasteiger partial charge is 0.470 e. The Morgan fingerprint density at radius 3 is 2.14 bits per heavy atom. The highest BCUT2D eigenvalue weighted by Gasteiger charge is 2.33. The minimum Gasteiger partial charge on any atom is -0.394 e. The summed E-state index contributed by atoms with van der Waals surface area (Å²) in [5.74, 6) is -1.13. The third-order valence-electron chi connectivity index (χ3n) is 1.26. The fourth-order valence-electron chi connectivity index (χ4n) is 0.677. The van der Waals surface area contributed by atoms with Gasteiger partial charge in [0, 0.05) is 0 Å². The molecule has 8 nitrogen and oxygen atoms in total. The monoisotopic (exact) mass is 230 g/mol. The van der Waals surface area contributed by atoms with Crippen molar-refractivity contribution in [2.24, 2.45) is 0 Å². The van der Waals surface area contributed by atoms with Gasteiger partial charge in [0.15, 0.2) is 11.9 Å². The van der Waals surface area contributed by atoms with Crippen LogP contribution in [0.25, 0.3) is 0 Å². The van der Waals surface area contributed by atoms with E-state index in [1.807, 2.05) is 0 Å². The first-order valence-corrected chi connectivity index (χ1v) is 5.01. The number of hydrogen-bond donors (Lipinski definition) is 5. The van der Waals surface area contributed by atoms with Crippen molar-refractivity contribution in [2.75, 3.05) is 13.2 Å². The fourth-order valence-corrected chi connectivity index (χ4v) is 1.23. The van der Waals surface area contributed by atoms with E-state index in [4.69, 9.17) is 25.1 Å². The van der Waals surface area contributed by atoms with Gasteiger partial charge in [0.2, 0.25) is 0 Å². The maximum Gasteiger partial charge on any atom is 0.470 e. The van der Waals surface area contributed by atoms with Crippen LogP contribution in [-0.4, -0.2) is 56.3 Å². The molecule has 0 aliphatic carbocycles. The summed E-state index contributed by atoms with van der Waals surface area (Å²) >= 11 is 0. The number of rotatable bonds is 6. The molecule has 5 N–H and O–H groups in total. The molecule has 0 spiro atoms. The zero-order valence-corrected chi connectivity index (χ0v) is 7.87. The molecule has 9 heteroatoms. The maximum atomic E-state index is 10.8. The molecule has 0 radical (unpaired) electrons. The third-order valence-corrected chi connectivity index (χ3v) is 1.76. The van der Waals surface area contributed by atoms with Crippen LogP contribution in [-0.2, 0) is 13.9 Å². The number of phosphoric ester groups is 1. The van der Waals surface area contributed by atoms with Crippen LogP contribution in [0.1, 0.15) is 0 Å². The zero-order valence-electron chi connectivity index (χ0n) is 6.98. The SMILES string of the molecule is O=C(CO)C(OP(=O)(O)O)C(O)CO. The summed E-state index contributed by atoms with van der Waals surface area (Å²) in [5, 5.41) is 25.7. The maximum absolute atomic E-state index is 10.8. The predicted molar refractivity (Wildman–Crippen MR) is 42.1 cm³/mol. The van der Waals surface area contributed by atoms with Crippen LogP contribution < -0.4 is 0 Å². The molecule has 2 unspecified atom stereocenters. The number of carbonyl (C=O) groups is 1. The molecule has 0 fully saturated rings. The molecule has 0 aliphatic heterocycles. The molecule has 0 aromatic rings. The Bertz CT molecular complexity index is 234. The van der Waals surface area contributed by atoms with Crippen LogP contribution in [0.4, 0.5) is 0 Å². The highest BCUT2D eigenvalue weighted by atomic mass is 31.2. The van der Waals surface area contributed by atoms with Crippen LogP contribution in [0.5, 0.6) is 0 Å². The second-order valence-electron chi connectivity index (χ2n) is 2.39. The lowest BCUT2D eigenvalue weighted by Gasteiger charge is -2.19. The van der Waals surface area contributed by atoms with E-state index in [0.717, 1.165) is 0 Å². The Hall–Kier alpha value is -0.340. The molecule has 0 aromatic heterocycles. The summed E-state index contributed by atoms with van der Waals surface area (Å²) in [6, 6.07) is 0. The number of ketones is 1. The number of phosphoric acid groups is 1. The first-order valence-electron chi connectivity index (χ1n) is 3.48. The van der Waals surface area contributed by atoms with Gasteiger partial charge >= 0.3 is 7.82 Å². The molecule has 84 valence electrons. The van der Waals surface area contributed by atoms with Crippen molar-refractivity contribution >= 4 is 13.6 Å². The van der Waals surface area contributed by atoms with Gasteiger partial charge in [-0.05, 0) is 0 Å². The predicted octanol–water partition coefficient (Wildman–Crippen LogP) is -2.62. The van der Waals surface area contributed by atoms with Crippen molar-refractivity contribution in [2.45, 2.75) is 12.2 Å². The second kappa shape index (κ2) is 5.52. The molecule has 0 saturated heterocycles. The van der Waals surface area contributed by atoms with Crippen molar-refractivity contribution in [3.05, 3.63) is 0 Å². The molecule has 0 bridgehead atoms. The van der Waals surface area contributed by atoms with E-state index in [0.29, 0.717) is 0 Å². The molecular weight excluding hydrogens is 219 g/mol. The minimum atomic E-state index is -4.96. The quantitative estimate of drug-likeness (QED) is 0.312.